The van der Waals surface area contributed by atoms with Crippen molar-refractivity contribution in [2.24, 2.45) is 11.8 Å². The number of piperidine rings is 1. The lowest BCUT2D eigenvalue weighted by Gasteiger charge is -2.35. The highest BCUT2D eigenvalue weighted by Gasteiger charge is 2.32. The third-order valence-electron chi connectivity index (χ3n) is 4.25. The zero-order chi connectivity index (χ0) is 16.3. The minimum absolute atomic E-state index is 0.249. The summed E-state index contributed by atoms with van der Waals surface area (Å²) in [6.07, 6.45) is 2.12. The Labute approximate surface area is 130 Å². The Morgan fingerprint density at radius 3 is 2.64 bits per heavy atom. The van der Waals surface area contributed by atoms with Crippen molar-refractivity contribution in [2.75, 3.05) is 18.0 Å². The van der Waals surface area contributed by atoms with Crippen molar-refractivity contribution >= 4 is 11.8 Å². The number of nitrogens with zero attached hydrogens (tertiary/aromatic N) is 4. The van der Waals surface area contributed by atoms with E-state index in [0.29, 0.717) is 30.9 Å². The first-order chi connectivity index (χ1) is 10.5. The molecule has 1 aliphatic rings. The quantitative estimate of drug-likeness (QED) is 0.915. The first kappa shape index (κ1) is 16.2. The van der Waals surface area contributed by atoms with Gasteiger partial charge in [-0.25, -0.2) is 0 Å². The molecule has 2 heterocycles. The van der Waals surface area contributed by atoms with Gasteiger partial charge in [0.25, 0.3) is 0 Å². The van der Waals surface area contributed by atoms with Crippen LogP contribution in [0.15, 0.2) is 0 Å². The van der Waals surface area contributed by atoms with Crippen LogP contribution in [0.5, 0.6) is 0 Å². The van der Waals surface area contributed by atoms with E-state index in [1.165, 1.54) is 0 Å². The summed E-state index contributed by atoms with van der Waals surface area (Å²) in [7, 11) is 0. The van der Waals surface area contributed by atoms with Crippen molar-refractivity contribution < 1.29 is 9.90 Å². The van der Waals surface area contributed by atoms with E-state index in [0.717, 1.165) is 24.1 Å². The van der Waals surface area contributed by atoms with Crippen LogP contribution in [0.3, 0.4) is 0 Å². The topological polar surface area (TPSA) is 90.1 Å². The number of hydrogen-bond acceptors (Lipinski definition) is 5. The summed E-state index contributed by atoms with van der Waals surface area (Å²) < 4.78 is 0. The van der Waals surface area contributed by atoms with Crippen molar-refractivity contribution in [3.05, 3.63) is 16.8 Å². The van der Waals surface area contributed by atoms with Gasteiger partial charge >= 0.3 is 5.97 Å². The van der Waals surface area contributed by atoms with Gasteiger partial charge in [-0.1, -0.05) is 20.8 Å². The predicted octanol–water partition coefficient (Wildman–Crippen LogP) is 2.02. The Kier molecular flexibility index (Phi) is 4.96. The van der Waals surface area contributed by atoms with Crippen LogP contribution in [0, 0.1) is 23.2 Å². The number of aliphatic carboxylic acids is 1. The number of carbonyl (C=O) groups is 1. The maximum absolute atomic E-state index is 11.3. The highest BCUT2D eigenvalue weighted by atomic mass is 16.4. The molecule has 0 aliphatic carbocycles. The largest absolute Gasteiger partial charge is 0.481 e. The van der Waals surface area contributed by atoms with E-state index in [9.17, 15) is 15.2 Å². The van der Waals surface area contributed by atoms with Gasteiger partial charge in [0.05, 0.1) is 11.6 Å². The fraction of sp³-hybridized carbons (Fsp3) is 0.625. The fourth-order valence-corrected chi connectivity index (χ4v) is 3.20. The van der Waals surface area contributed by atoms with Gasteiger partial charge in [-0.05, 0) is 30.7 Å². The fourth-order valence-electron chi connectivity index (χ4n) is 3.20. The van der Waals surface area contributed by atoms with E-state index < -0.39 is 11.9 Å². The highest BCUT2D eigenvalue weighted by Crippen LogP contribution is 2.29. The van der Waals surface area contributed by atoms with Crippen molar-refractivity contribution in [1.82, 2.24) is 10.2 Å². The van der Waals surface area contributed by atoms with Crippen molar-refractivity contribution in [3.8, 4) is 6.07 Å². The summed E-state index contributed by atoms with van der Waals surface area (Å²) in [5, 5.41) is 27.4. The van der Waals surface area contributed by atoms with Gasteiger partial charge in [-0.3, -0.25) is 4.79 Å². The van der Waals surface area contributed by atoms with Crippen LogP contribution in [0.1, 0.15) is 44.0 Å². The van der Waals surface area contributed by atoms with Crippen LogP contribution in [-0.2, 0) is 17.6 Å². The Hall–Kier alpha value is -2.16. The van der Waals surface area contributed by atoms with Gasteiger partial charge in [0.15, 0.2) is 5.82 Å². The molecule has 22 heavy (non-hydrogen) atoms. The smallest absolute Gasteiger partial charge is 0.308 e. The molecule has 1 fully saturated rings. The van der Waals surface area contributed by atoms with Crippen LogP contribution >= 0.6 is 0 Å². The molecule has 0 radical (unpaired) electrons. The van der Waals surface area contributed by atoms with Crippen molar-refractivity contribution in [1.29, 1.82) is 5.26 Å². The number of hydrogen-bond donors (Lipinski definition) is 1. The first-order valence-electron chi connectivity index (χ1n) is 7.77. The van der Waals surface area contributed by atoms with Crippen LogP contribution < -0.4 is 4.90 Å². The molecule has 6 nitrogen and oxygen atoms in total. The van der Waals surface area contributed by atoms with E-state index in [1.54, 1.807) is 0 Å². The molecule has 1 saturated heterocycles. The van der Waals surface area contributed by atoms with Gasteiger partial charge in [-0.15, -0.1) is 5.10 Å². The van der Waals surface area contributed by atoms with E-state index in [-0.39, 0.29) is 5.92 Å². The lowest BCUT2D eigenvalue weighted by molar-refractivity contribution is -0.142. The molecule has 1 aromatic heterocycles. The Morgan fingerprint density at radius 2 is 2.09 bits per heavy atom. The normalized spacial score (nSPS) is 21.5. The Balaban J connectivity index is 2.43. The molecule has 0 saturated carbocycles. The molecular formula is C16H22N4O2. The Bertz CT molecular complexity index is 609. The van der Waals surface area contributed by atoms with Crippen LogP contribution in [-0.4, -0.2) is 34.4 Å². The molecule has 6 heteroatoms. The molecule has 1 aliphatic heterocycles. The molecule has 2 unspecified atom stereocenters. The third kappa shape index (κ3) is 3.03. The van der Waals surface area contributed by atoms with Gasteiger partial charge in [0.2, 0.25) is 0 Å². The molecule has 0 amide bonds. The third-order valence-corrected chi connectivity index (χ3v) is 4.25. The number of nitriles is 1. The molecule has 1 N–H and O–H groups in total. The minimum Gasteiger partial charge on any atom is -0.481 e. The molecule has 1 aromatic rings. The molecule has 0 bridgehead atoms. The second-order valence-corrected chi connectivity index (χ2v) is 5.92. The van der Waals surface area contributed by atoms with E-state index in [4.69, 9.17) is 0 Å². The van der Waals surface area contributed by atoms with Gasteiger partial charge in [-0.2, -0.15) is 10.4 Å². The lowest BCUT2D eigenvalue weighted by atomic mass is 9.90. The predicted molar refractivity (Wildman–Crippen MR) is 82.6 cm³/mol. The summed E-state index contributed by atoms with van der Waals surface area (Å²) in [5.74, 6) is -0.426. The summed E-state index contributed by atoms with van der Waals surface area (Å²) in [5.41, 5.74) is 2.33. The Morgan fingerprint density at radius 1 is 1.36 bits per heavy atom. The number of aromatic nitrogens is 2. The average Bonchev–Trinajstić information content (AvgIpc) is 2.52. The average molecular weight is 302 g/mol. The second kappa shape index (κ2) is 6.73. The summed E-state index contributed by atoms with van der Waals surface area (Å²) in [6, 6.07) is 2.25. The van der Waals surface area contributed by atoms with Crippen LogP contribution in [0.4, 0.5) is 5.82 Å². The molecular weight excluding hydrogens is 280 g/mol. The van der Waals surface area contributed by atoms with Crippen molar-refractivity contribution in [3.63, 3.8) is 0 Å². The summed E-state index contributed by atoms with van der Waals surface area (Å²) in [6.45, 7) is 7.12. The van der Waals surface area contributed by atoms with Gasteiger partial charge < -0.3 is 10.0 Å². The minimum atomic E-state index is -0.788. The first-order valence-corrected chi connectivity index (χ1v) is 7.77. The van der Waals surface area contributed by atoms with Crippen LogP contribution in [0.2, 0.25) is 0 Å². The standard InChI is InChI=1S/C16H22N4O2/c1-4-12-13(7-17)15(19-18-14(12)5-2)20-8-10(3)6-11(9-20)16(21)22/h10-11H,4-6,8-9H2,1-3H3,(H,21,22). The van der Waals surface area contributed by atoms with E-state index in [1.807, 2.05) is 25.7 Å². The molecule has 118 valence electrons. The summed E-state index contributed by atoms with van der Waals surface area (Å²) in [4.78, 5) is 13.2. The summed E-state index contributed by atoms with van der Waals surface area (Å²) >= 11 is 0. The zero-order valence-electron chi connectivity index (χ0n) is 13.3. The SMILES string of the molecule is CCc1nnc(N2CC(C)CC(C(=O)O)C2)c(C#N)c1CC. The number of carboxylic acids is 1. The van der Waals surface area contributed by atoms with Crippen LogP contribution in [0.25, 0.3) is 0 Å². The van der Waals surface area contributed by atoms with Gasteiger partial charge in [0, 0.05) is 13.1 Å². The monoisotopic (exact) mass is 302 g/mol. The van der Waals surface area contributed by atoms with Crippen molar-refractivity contribution in [2.45, 2.75) is 40.0 Å². The lowest BCUT2D eigenvalue weighted by Crippen LogP contribution is -2.43. The second-order valence-electron chi connectivity index (χ2n) is 5.92. The zero-order valence-corrected chi connectivity index (χ0v) is 13.3. The number of carboxylic acid groups (broad SMARTS) is 1. The van der Waals surface area contributed by atoms with E-state index >= 15 is 0 Å². The van der Waals surface area contributed by atoms with E-state index in [2.05, 4.69) is 16.3 Å². The number of anilines is 1. The molecule has 0 aromatic carbocycles. The maximum atomic E-state index is 11.3. The number of rotatable bonds is 4. The number of aryl methyl sites for hydroxylation is 1. The maximum Gasteiger partial charge on any atom is 0.308 e. The highest BCUT2D eigenvalue weighted by molar-refractivity contribution is 5.71. The molecule has 2 atom stereocenters. The molecule has 0 spiro atoms. The van der Waals surface area contributed by atoms with Gasteiger partial charge in [0.1, 0.15) is 11.6 Å². The molecule has 2 rings (SSSR count).